The molecule has 0 saturated carbocycles. The highest BCUT2D eigenvalue weighted by molar-refractivity contribution is 6.17. The lowest BCUT2D eigenvalue weighted by Crippen LogP contribution is -2.14. The van der Waals surface area contributed by atoms with E-state index in [9.17, 15) is 4.39 Å². The number of hydrogen-bond donors (Lipinski definition) is 1. The Balaban J connectivity index is 1.92. The van der Waals surface area contributed by atoms with Crippen LogP contribution >= 0.6 is 11.6 Å². The summed E-state index contributed by atoms with van der Waals surface area (Å²) >= 11 is 5.74. The molecule has 106 valence electrons. The molecule has 20 heavy (non-hydrogen) atoms. The van der Waals surface area contributed by atoms with E-state index >= 15 is 0 Å². The Morgan fingerprint density at radius 3 is 2.40 bits per heavy atom. The van der Waals surface area contributed by atoms with E-state index in [-0.39, 0.29) is 11.6 Å². The van der Waals surface area contributed by atoms with E-state index in [1.807, 2.05) is 24.3 Å². The van der Waals surface area contributed by atoms with Crippen molar-refractivity contribution in [1.82, 2.24) is 5.32 Å². The van der Waals surface area contributed by atoms with E-state index < -0.39 is 0 Å². The summed E-state index contributed by atoms with van der Waals surface area (Å²) in [6, 6.07) is 13.2. The maximum Gasteiger partial charge on any atom is 0.169 e. The Morgan fingerprint density at radius 1 is 1.05 bits per heavy atom. The van der Waals surface area contributed by atoms with Crippen molar-refractivity contribution in [3.05, 3.63) is 65.0 Å². The second kappa shape index (κ2) is 7.27. The Kier molecular flexibility index (Phi) is 5.39. The molecular weight excluding hydrogens is 277 g/mol. The fraction of sp³-hybridized carbons (Fsp3) is 0.250. The van der Waals surface area contributed by atoms with E-state index in [1.54, 1.807) is 18.2 Å². The number of hydrogen-bond acceptors (Lipinski definition) is 2. The molecule has 2 rings (SSSR count). The maximum atomic E-state index is 13.9. The first-order valence-corrected chi connectivity index (χ1v) is 6.94. The Labute approximate surface area is 123 Å². The van der Waals surface area contributed by atoms with Crippen molar-refractivity contribution in [3.8, 4) is 5.75 Å². The molecule has 0 atom stereocenters. The minimum Gasteiger partial charge on any atom is -0.494 e. The summed E-state index contributed by atoms with van der Waals surface area (Å²) in [5.41, 5.74) is 2.83. The Bertz CT molecular complexity index is 557. The minimum absolute atomic E-state index is 0.274. The molecular formula is C16H17ClFNO. The quantitative estimate of drug-likeness (QED) is 0.817. The fourth-order valence-corrected chi connectivity index (χ4v) is 2.12. The van der Waals surface area contributed by atoms with Crippen molar-refractivity contribution in [2.75, 3.05) is 7.11 Å². The van der Waals surface area contributed by atoms with Gasteiger partial charge in [0.1, 0.15) is 0 Å². The predicted octanol–water partition coefficient (Wildman–Crippen LogP) is 3.86. The van der Waals surface area contributed by atoms with E-state index in [4.69, 9.17) is 16.3 Å². The lowest BCUT2D eigenvalue weighted by molar-refractivity contribution is 0.383. The first-order chi connectivity index (χ1) is 9.74. The molecule has 1 N–H and O–H groups in total. The van der Waals surface area contributed by atoms with E-state index in [1.165, 1.54) is 7.11 Å². The minimum atomic E-state index is -0.306. The standard InChI is InChI=1S/C16H17ClFNO/c1-20-15-4-2-3-14(16(15)18)11-19-10-13-7-5-12(9-17)6-8-13/h2-8,19H,9-11H2,1H3. The molecule has 0 aliphatic rings. The zero-order valence-electron chi connectivity index (χ0n) is 11.3. The number of methoxy groups -OCH3 is 1. The average molecular weight is 294 g/mol. The summed E-state index contributed by atoms with van der Waals surface area (Å²) < 4.78 is 18.9. The number of halogens is 2. The predicted molar refractivity (Wildman–Crippen MR) is 79.5 cm³/mol. The molecule has 0 aliphatic heterocycles. The van der Waals surface area contributed by atoms with E-state index in [2.05, 4.69) is 5.32 Å². The van der Waals surface area contributed by atoms with Gasteiger partial charge in [-0.15, -0.1) is 11.6 Å². The Hall–Kier alpha value is -1.58. The van der Waals surface area contributed by atoms with Gasteiger partial charge in [-0.25, -0.2) is 4.39 Å². The normalized spacial score (nSPS) is 10.6. The van der Waals surface area contributed by atoms with Gasteiger partial charge in [0.2, 0.25) is 0 Å². The van der Waals surface area contributed by atoms with E-state index in [0.717, 1.165) is 11.1 Å². The van der Waals surface area contributed by atoms with Gasteiger partial charge in [-0.3, -0.25) is 0 Å². The summed E-state index contributed by atoms with van der Waals surface area (Å²) in [7, 11) is 1.47. The van der Waals surface area contributed by atoms with Crippen LogP contribution in [-0.2, 0) is 19.0 Å². The first kappa shape index (κ1) is 14.8. The van der Waals surface area contributed by atoms with Gasteiger partial charge in [0.15, 0.2) is 11.6 Å². The van der Waals surface area contributed by atoms with Gasteiger partial charge in [-0.1, -0.05) is 36.4 Å². The van der Waals surface area contributed by atoms with Crippen molar-refractivity contribution in [2.45, 2.75) is 19.0 Å². The lowest BCUT2D eigenvalue weighted by atomic mass is 10.1. The maximum absolute atomic E-state index is 13.9. The van der Waals surface area contributed by atoms with Gasteiger partial charge in [-0.05, 0) is 17.2 Å². The van der Waals surface area contributed by atoms with Gasteiger partial charge in [0.25, 0.3) is 0 Å². The third-order valence-electron chi connectivity index (χ3n) is 3.09. The van der Waals surface area contributed by atoms with Gasteiger partial charge in [0.05, 0.1) is 7.11 Å². The lowest BCUT2D eigenvalue weighted by Gasteiger charge is -2.09. The van der Waals surface area contributed by atoms with Crippen molar-refractivity contribution < 1.29 is 9.13 Å². The molecule has 0 spiro atoms. The number of rotatable bonds is 6. The summed E-state index contributed by atoms with van der Waals surface area (Å²) in [5.74, 6) is 0.485. The highest BCUT2D eigenvalue weighted by Crippen LogP contribution is 2.19. The SMILES string of the molecule is COc1cccc(CNCc2ccc(CCl)cc2)c1F. The van der Waals surface area contributed by atoms with Crippen LogP contribution in [0.4, 0.5) is 4.39 Å². The summed E-state index contributed by atoms with van der Waals surface area (Å²) in [6.07, 6.45) is 0. The monoisotopic (exact) mass is 293 g/mol. The van der Waals surface area contributed by atoms with E-state index in [0.29, 0.717) is 24.5 Å². The molecule has 0 radical (unpaired) electrons. The third kappa shape index (κ3) is 3.71. The largest absolute Gasteiger partial charge is 0.494 e. The summed E-state index contributed by atoms with van der Waals surface area (Å²) in [5, 5.41) is 3.22. The van der Waals surface area contributed by atoms with Crippen LogP contribution in [-0.4, -0.2) is 7.11 Å². The molecule has 2 aromatic rings. The Morgan fingerprint density at radius 2 is 1.75 bits per heavy atom. The van der Waals surface area contributed by atoms with Gasteiger partial charge in [0, 0.05) is 24.5 Å². The molecule has 0 fully saturated rings. The first-order valence-electron chi connectivity index (χ1n) is 6.40. The molecule has 2 nitrogen and oxygen atoms in total. The average Bonchev–Trinajstić information content (AvgIpc) is 2.49. The number of alkyl halides is 1. The molecule has 0 amide bonds. The highest BCUT2D eigenvalue weighted by atomic mass is 35.5. The van der Waals surface area contributed by atoms with Crippen molar-refractivity contribution in [2.24, 2.45) is 0 Å². The number of benzene rings is 2. The zero-order valence-corrected chi connectivity index (χ0v) is 12.1. The van der Waals surface area contributed by atoms with Crippen molar-refractivity contribution in [3.63, 3.8) is 0 Å². The van der Waals surface area contributed by atoms with Crippen molar-refractivity contribution >= 4 is 11.6 Å². The molecule has 0 aliphatic carbocycles. The molecule has 4 heteroatoms. The van der Waals surface area contributed by atoms with Crippen LogP contribution in [0.25, 0.3) is 0 Å². The summed E-state index contributed by atoms with van der Waals surface area (Å²) in [4.78, 5) is 0. The molecule has 0 aromatic heterocycles. The third-order valence-corrected chi connectivity index (χ3v) is 3.39. The summed E-state index contributed by atoms with van der Waals surface area (Å²) in [6.45, 7) is 1.14. The van der Waals surface area contributed by atoms with Crippen LogP contribution in [0, 0.1) is 5.82 Å². The molecule has 0 bridgehead atoms. The fourth-order valence-electron chi connectivity index (χ4n) is 1.94. The smallest absolute Gasteiger partial charge is 0.169 e. The highest BCUT2D eigenvalue weighted by Gasteiger charge is 2.07. The van der Waals surface area contributed by atoms with Crippen LogP contribution in [0.2, 0.25) is 0 Å². The van der Waals surface area contributed by atoms with Gasteiger partial charge >= 0.3 is 0 Å². The van der Waals surface area contributed by atoms with Crippen LogP contribution in [0.5, 0.6) is 5.75 Å². The van der Waals surface area contributed by atoms with Crippen LogP contribution < -0.4 is 10.1 Å². The van der Waals surface area contributed by atoms with Gasteiger partial charge < -0.3 is 10.1 Å². The number of nitrogens with one attached hydrogen (secondary N) is 1. The second-order valence-electron chi connectivity index (χ2n) is 4.49. The molecule has 0 unspecified atom stereocenters. The zero-order chi connectivity index (χ0) is 14.4. The molecule has 0 heterocycles. The second-order valence-corrected chi connectivity index (χ2v) is 4.75. The molecule has 0 saturated heterocycles. The molecule has 2 aromatic carbocycles. The topological polar surface area (TPSA) is 21.3 Å². The van der Waals surface area contributed by atoms with Crippen LogP contribution in [0.15, 0.2) is 42.5 Å². The van der Waals surface area contributed by atoms with Crippen LogP contribution in [0.3, 0.4) is 0 Å². The van der Waals surface area contributed by atoms with Crippen LogP contribution in [0.1, 0.15) is 16.7 Å². The van der Waals surface area contributed by atoms with Crippen molar-refractivity contribution in [1.29, 1.82) is 0 Å². The number of ether oxygens (including phenoxy) is 1. The van der Waals surface area contributed by atoms with Gasteiger partial charge in [-0.2, -0.15) is 0 Å².